The molecule has 0 aromatic carbocycles. The molecule has 0 aromatic rings. The first-order valence-electron chi connectivity index (χ1n) is 0.246. The molecule has 0 radical (unpaired) electrons. The summed E-state index contributed by atoms with van der Waals surface area (Å²) in [7, 11) is 9.25. The van der Waals surface area contributed by atoms with Gasteiger partial charge in [0.25, 0.3) is 0 Å². The van der Waals surface area contributed by atoms with Gasteiger partial charge in [-0.15, -0.1) is 0 Å². The van der Waals surface area contributed by atoms with Gasteiger partial charge in [0.2, 0.25) is 0 Å². The molecule has 0 aromatic heterocycles. The van der Waals surface area contributed by atoms with Crippen molar-refractivity contribution in [3.8, 4) is 0 Å². The molecular weight excluding hydrogens is 458 g/mol. The minimum absolute atomic E-state index is 1.47. The van der Waals surface area contributed by atoms with Gasteiger partial charge in [0, 0.05) is 0 Å². The van der Waals surface area contributed by atoms with Crippen LogP contribution in [-0.4, -0.2) is 0 Å². The maximum absolute atomic E-state index is 4.64. The minimum atomic E-state index is 1.47. The zero-order valence-electron chi connectivity index (χ0n) is 1.41. The molecule has 0 fully saturated rings. The summed E-state index contributed by atoms with van der Waals surface area (Å²) in [6.45, 7) is 0. The van der Waals surface area contributed by atoms with E-state index in [2.05, 4.69) is 19.0 Å². The van der Waals surface area contributed by atoms with E-state index >= 15 is 0 Å². The van der Waals surface area contributed by atoms with Crippen LogP contribution in [0.2, 0.25) is 0 Å². The number of rotatable bonds is 0. The molecule has 0 saturated carbocycles. The van der Waals surface area contributed by atoms with Crippen LogP contribution in [0.1, 0.15) is 0 Å². The molecule has 0 spiro atoms. The summed E-state index contributed by atoms with van der Waals surface area (Å²) in [5.41, 5.74) is 0. The van der Waals surface area contributed by atoms with Gasteiger partial charge in [-0.25, -0.2) is 0 Å². The third kappa shape index (κ3) is 9.07. The van der Waals surface area contributed by atoms with Crippen molar-refractivity contribution in [3.05, 3.63) is 0 Å². The first kappa shape index (κ1) is 9.32. The molecule has 0 unspecified atom stereocenters. The standard InChI is InChI=1S/2ClH.Ir.Pt/h2*1H;;/q;;2*+1/p-2. The summed E-state index contributed by atoms with van der Waals surface area (Å²) in [5.74, 6) is 0. The van der Waals surface area contributed by atoms with Crippen molar-refractivity contribution >= 4 is 19.0 Å². The van der Waals surface area contributed by atoms with E-state index in [4.69, 9.17) is 0 Å². The van der Waals surface area contributed by atoms with Crippen LogP contribution in [0.25, 0.3) is 0 Å². The van der Waals surface area contributed by atoms with E-state index in [1.807, 2.05) is 0 Å². The summed E-state index contributed by atoms with van der Waals surface area (Å²) < 4.78 is 0. The van der Waals surface area contributed by atoms with E-state index in [1.165, 1.54) is 17.9 Å². The van der Waals surface area contributed by atoms with E-state index in [0.717, 1.165) is 0 Å². The van der Waals surface area contributed by atoms with Crippen LogP contribution in [0.15, 0.2) is 0 Å². The molecule has 0 atom stereocenters. The molecule has 0 saturated heterocycles. The zero-order chi connectivity index (χ0) is 4.00. The van der Waals surface area contributed by atoms with Crippen LogP contribution in [0.4, 0.5) is 0 Å². The van der Waals surface area contributed by atoms with Crippen molar-refractivity contribution in [2.45, 2.75) is 0 Å². The van der Waals surface area contributed by atoms with Crippen LogP contribution in [-0.2, 0) is 36.7 Å². The zero-order valence-corrected chi connectivity index (χ0v) is 7.58. The SMILES string of the molecule is [Cl][Ir].[Cl][Pt]. The van der Waals surface area contributed by atoms with Gasteiger partial charge < -0.3 is 0 Å². The van der Waals surface area contributed by atoms with Crippen molar-refractivity contribution in [1.82, 2.24) is 0 Å². The summed E-state index contributed by atoms with van der Waals surface area (Å²) in [6.07, 6.45) is 0. The normalized spacial score (nSPS) is 3.50. The third-order valence-corrected chi connectivity index (χ3v) is 0. The van der Waals surface area contributed by atoms with Gasteiger partial charge in [-0.3, -0.25) is 0 Å². The van der Waals surface area contributed by atoms with Gasteiger partial charge in [0.05, 0.1) is 0 Å². The van der Waals surface area contributed by atoms with Gasteiger partial charge >= 0.3 is 55.7 Å². The Balaban J connectivity index is 0. The second kappa shape index (κ2) is 20.5. The molecular formula is Cl2IrPt. The Morgan fingerprint density at radius 2 is 1.25 bits per heavy atom. The molecule has 0 N–H and O–H groups in total. The van der Waals surface area contributed by atoms with Crippen molar-refractivity contribution in [2.75, 3.05) is 0 Å². The van der Waals surface area contributed by atoms with E-state index in [0.29, 0.717) is 0 Å². The summed E-state index contributed by atoms with van der Waals surface area (Å²) >= 11 is 3.08. The summed E-state index contributed by atoms with van der Waals surface area (Å²) in [5, 5.41) is 0. The molecule has 0 rings (SSSR count). The Labute approximate surface area is 55.2 Å². The fourth-order valence-corrected chi connectivity index (χ4v) is 0. The topological polar surface area (TPSA) is 0 Å². The van der Waals surface area contributed by atoms with Crippen molar-refractivity contribution < 1.29 is 36.7 Å². The Morgan fingerprint density at radius 3 is 1.25 bits per heavy atom. The summed E-state index contributed by atoms with van der Waals surface area (Å²) in [4.78, 5) is 0. The molecule has 0 aliphatic rings. The van der Waals surface area contributed by atoms with Gasteiger partial charge in [-0.05, 0) is 0 Å². The predicted octanol–water partition coefficient (Wildman–Crippen LogP) is 1.37. The van der Waals surface area contributed by atoms with Gasteiger partial charge in [-0.2, -0.15) is 0 Å². The number of hydrogen-bond acceptors (Lipinski definition) is 0. The number of halogens is 2. The molecule has 33 valence electrons. The Bertz CT molecular complexity index is 6.00. The monoisotopic (exact) mass is 458 g/mol. The van der Waals surface area contributed by atoms with E-state index in [-0.39, 0.29) is 0 Å². The fraction of sp³-hybridized carbons (Fsp3) is 0. The van der Waals surface area contributed by atoms with Crippen LogP contribution in [0.5, 0.6) is 0 Å². The van der Waals surface area contributed by atoms with Gasteiger partial charge in [-0.1, -0.05) is 0 Å². The average molecular weight is 458 g/mol. The fourth-order valence-electron chi connectivity index (χ4n) is 0. The molecule has 0 aliphatic carbocycles. The average Bonchev–Trinajstić information content (AvgIpc) is 1.50. The van der Waals surface area contributed by atoms with Crippen molar-refractivity contribution in [2.24, 2.45) is 0 Å². The summed E-state index contributed by atoms with van der Waals surface area (Å²) in [6, 6.07) is 0. The maximum atomic E-state index is 4.64. The second-order valence-corrected chi connectivity index (χ2v) is 0. The molecule has 4 heavy (non-hydrogen) atoms. The molecule has 0 aliphatic heterocycles. The first-order chi connectivity index (χ1) is 2.00. The Kier molecular flexibility index (Phi) is 47.8. The van der Waals surface area contributed by atoms with Crippen molar-refractivity contribution in [3.63, 3.8) is 0 Å². The molecule has 4 heteroatoms. The van der Waals surface area contributed by atoms with Gasteiger partial charge in [0.15, 0.2) is 0 Å². The van der Waals surface area contributed by atoms with E-state index in [1.54, 1.807) is 18.8 Å². The first-order valence-corrected chi connectivity index (χ1v) is 6.03. The Morgan fingerprint density at radius 1 is 1.25 bits per heavy atom. The predicted molar refractivity (Wildman–Crippen MR) is 11.7 cm³/mol. The van der Waals surface area contributed by atoms with Crippen molar-refractivity contribution in [1.29, 1.82) is 0 Å². The quantitative estimate of drug-likeness (QED) is 0.515. The van der Waals surface area contributed by atoms with E-state index < -0.39 is 0 Å². The van der Waals surface area contributed by atoms with Crippen LogP contribution in [0, 0.1) is 0 Å². The van der Waals surface area contributed by atoms with Crippen LogP contribution >= 0.6 is 19.0 Å². The molecule has 0 nitrogen and oxygen atoms in total. The second-order valence-electron chi connectivity index (χ2n) is 0. The van der Waals surface area contributed by atoms with Crippen LogP contribution < -0.4 is 0 Å². The third-order valence-electron chi connectivity index (χ3n) is 0. The van der Waals surface area contributed by atoms with Gasteiger partial charge in [0.1, 0.15) is 0 Å². The Hall–Kier alpha value is 1.92. The molecule has 0 amide bonds. The van der Waals surface area contributed by atoms with Crippen LogP contribution in [0.3, 0.4) is 0 Å². The van der Waals surface area contributed by atoms with E-state index in [9.17, 15) is 0 Å². The molecule has 0 heterocycles. The molecule has 0 bridgehead atoms. The number of hydrogen-bond donors (Lipinski definition) is 0.